The molecule has 1 saturated heterocycles. The maximum atomic E-state index is 12.6. The van der Waals surface area contributed by atoms with Crippen molar-refractivity contribution in [2.45, 2.75) is 18.9 Å². The molecule has 2 amide bonds. The highest BCUT2D eigenvalue weighted by Crippen LogP contribution is 2.23. The molecule has 10 heteroatoms. The third-order valence-electron chi connectivity index (χ3n) is 5.87. The first kappa shape index (κ1) is 20.4. The van der Waals surface area contributed by atoms with E-state index in [2.05, 4.69) is 35.5 Å². The van der Waals surface area contributed by atoms with Crippen molar-refractivity contribution < 1.29 is 9.59 Å². The van der Waals surface area contributed by atoms with Crippen LogP contribution in [0.1, 0.15) is 23.2 Å². The van der Waals surface area contributed by atoms with Gasteiger partial charge in [-0.25, -0.2) is 9.97 Å². The molecule has 1 aliphatic carbocycles. The fourth-order valence-electron chi connectivity index (χ4n) is 3.96. The lowest BCUT2D eigenvalue weighted by Gasteiger charge is -2.35. The number of carbonyl (C=O) groups is 2. The number of piperazine rings is 1. The largest absolute Gasteiger partial charge is 0.353 e. The molecule has 3 aromatic rings. The maximum absolute atomic E-state index is 12.6. The quantitative estimate of drug-likeness (QED) is 0.596. The van der Waals surface area contributed by atoms with Gasteiger partial charge < -0.3 is 15.5 Å². The van der Waals surface area contributed by atoms with E-state index in [-0.39, 0.29) is 11.8 Å². The lowest BCUT2D eigenvalue weighted by molar-refractivity contribution is -0.117. The van der Waals surface area contributed by atoms with Gasteiger partial charge in [0.05, 0.1) is 18.1 Å². The van der Waals surface area contributed by atoms with Crippen LogP contribution in [-0.2, 0) is 11.8 Å². The zero-order valence-corrected chi connectivity index (χ0v) is 18.0. The third kappa shape index (κ3) is 4.40. The Morgan fingerprint density at radius 1 is 1.12 bits per heavy atom. The highest BCUT2D eigenvalue weighted by Gasteiger charge is 2.24. The molecule has 0 spiro atoms. The fraction of sp³-hybridized carbons (Fsp3) is 0.409. The van der Waals surface area contributed by atoms with Crippen LogP contribution in [0.2, 0.25) is 0 Å². The van der Waals surface area contributed by atoms with Gasteiger partial charge in [-0.1, -0.05) is 6.07 Å². The number of nitrogens with one attached hydrogen (secondary N) is 2. The average molecular weight is 435 g/mol. The fourth-order valence-corrected chi connectivity index (χ4v) is 3.96. The molecule has 1 saturated carbocycles. The molecule has 5 rings (SSSR count). The molecule has 2 N–H and O–H groups in total. The first-order valence-electron chi connectivity index (χ1n) is 10.9. The van der Waals surface area contributed by atoms with Crippen LogP contribution < -0.4 is 15.5 Å². The Bertz CT molecular complexity index is 1150. The van der Waals surface area contributed by atoms with Gasteiger partial charge in [0.15, 0.2) is 5.65 Å². The van der Waals surface area contributed by atoms with Crippen molar-refractivity contribution in [1.82, 2.24) is 30.0 Å². The van der Waals surface area contributed by atoms with Gasteiger partial charge >= 0.3 is 0 Å². The van der Waals surface area contributed by atoms with Crippen molar-refractivity contribution in [3.63, 3.8) is 0 Å². The van der Waals surface area contributed by atoms with E-state index in [1.807, 2.05) is 7.05 Å². The number of benzene rings is 1. The number of rotatable bonds is 6. The topological polar surface area (TPSA) is 108 Å². The average Bonchev–Trinajstić information content (AvgIpc) is 3.54. The number of hydrogen-bond acceptors (Lipinski definition) is 7. The van der Waals surface area contributed by atoms with Crippen LogP contribution in [0.3, 0.4) is 0 Å². The van der Waals surface area contributed by atoms with Crippen LogP contribution in [0.4, 0.5) is 11.5 Å². The summed E-state index contributed by atoms with van der Waals surface area (Å²) in [5.41, 5.74) is 2.01. The molecule has 2 aromatic heterocycles. The molecule has 2 aliphatic rings. The number of fused-ring (bicyclic) bond motifs is 1. The molecule has 3 heterocycles. The van der Waals surface area contributed by atoms with E-state index in [9.17, 15) is 9.59 Å². The minimum Gasteiger partial charge on any atom is -0.353 e. The van der Waals surface area contributed by atoms with Gasteiger partial charge in [0.1, 0.15) is 12.1 Å². The molecule has 0 radical (unpaired) electrons. The maximum Gasteiger partial charge on any atom is 0.251 e. The van der Waals surface area contributed by atoms with Crippen LogP contribution in [-0.4, -0.2) is 75.2 Å². The molecule has 2 fully saturated rings. The van der Waals surface area contributed by atoms with Gasteiger partial charge in [-0.15, -0.1) is 0 Å². The van der Waals surface area contributed by atoms with Gasteiger partial charge in [0.2, 0.25) is 5.91 Å². The summed E-state index contributed by atoms with van der Waals surface area (Å²) in [4.78, 5) is 37.9. The van der Waals surface area contributed by atoms with Crippen LogP contribution >= 0.6 is 0 Å². The minimum atomic E-state index is -0.0906. The zero-order valence-electron chi connectivity index (χ0n) is 18.0. The van der Waals surface area contributed by atoms with Crippen molar-refractivity contribution >= 4 is 34.4 Å². The Kier molecular flexibility index (Phi) is 5.44. The number of aromatic nitrogens is 4. The lowest BCUT2D eigenvalue weighted by Crippen LogP contribution is -2.49. The van der Waals surface area contributed by atoms with Gasteiger partial charge in [-0.3, -0.25) is 19.2 Å². The van der Waals surface area contributed by atoms with Gasteiger partial charge in [-0.05, 0) is 31.0 Å². The summed E-state index contributed by atoms with van der Waals surface area (Å²) in [6.07, 6.45) is 5.45. The number of nitrogens with zero attached hydrogens (tertiary/aromatic N) is 6. The highest BCUT2D eigenvalue weighted by atomic mass is 16.2. The van der Waals surface area contributed by atoms with Crippen molar-refractivity contribution in [3.05, 3.63) is 42.4 Å². The molecule has 0 bridgehead atoms. The van der Waals surface area contributed by atoms with Crippen molar-refractivity contribution in [3.8, 4) is 0 Å². The van der Waals surface area contributed by atoms with Gasteiger partial charge in [0, 0.05) is 50.5 Å². The van der Waals surface area contributed by atoms with Gasteiger partial charge in [0.25, 0.3) is 5.91 Å². The first-order chi connectivity index (χ1) is 15.6. The molecule has 1 aliphatic heterocycles. The van der Waals surface area contributed by atoms with Crippen LogP contribution in [0.5, 0.6) is 0 Å². The van der Waals surface area contributed by atoms with E-state index in [1.54, 1.807) is 41.5 Å². The van der Waals surface area contributed by atoms with E-state index in [0.29, 0.717) is 23.8 Å². The van der Waals surface area contributed by atoms with E-state index >= 15 is 0 Å². The summed E-state index contributed by atoms with van der Waals surface area (Å²) in [5.74, 6) is 0.704. The SMILES string of the molecule is Cn1ncc2c(N3CCN(CC(=O)Nc4cccc(C(=O)NC5CC5)c4)CC3)ncnc21. The van der Waals surface area contributed by atoms with E-state index in [0.717, 1.165) is 55.9 Å². The Morgan fingerprint density at radius 2 is 1.94 bits per heavy atom. The summed E-state index contributed by atoms with van der Waals surface area (Å²) in [6.45, 7) is 3.35. The van der Waals surface area contributed by atoms with Crippen LogP contribution in [0.25, 0.3) is 11.0 Å². The monoisotopic (exact) mass is 434 g/mol. The van der Waals surface area contributed by atoms with Crippen molar-refractivity contribution in [2.24, 2.45) is 7.05 Å². The Labute approximate surface area is 185 Å². The minimum absolute atomic E-state index is 0.0881. The van der Waals surface area contributed by atoms with Crippen LogP contribution in [0, 0.1) is 0 Å². The molecule has 32 heavy (non-hydrogen) atoms. The summed E-state index contributed by atoms with van der Waals surface area (Å²) in [5, 5.41) is 11.1. The van der Waals surface area contributed by atoms with Crippen molar-refractivity contribution in [2.75, 3.05) is 42.9 Å². The van der Waals surface area contributed by atoms with Crippen LogP contribution in [0.15, 0.2) is 36.8 Å². The third-order valence-corrected chi connectivity index (χ3v) is 5.87. The normalized spacial score (nSPS) is 16.8. The predicted octanol–water partition coefficient (Wildman–Crippen LogP) is 1.02. The Balaban J connectivity index is 1.15. The zero-order chi connectivity index (χ0) is 22.1. The van der Waals surface area contributed by atoms with Gasteiger partial charge in [-0.2, -0.15) is 5.10 Å². The Hall–Kier alpha value is -3.53. The summed E-state index contributed by atoms with van der Waals surface area (Å²) >= 11 is 0. The van der Waals surface area contributed by atoms with Crippen molar-refractivity contribution in [1.29, 1.82) is 0 Å². The second-order valence-corrected chi connectivity index (χ2v) is 8.34. The highest BCUT2D eigenvalue weighted by molar-refractivity contribution is 5.97. The molecular weight excluding hydrogens is 408 g/mol. The first-order valence-corrected chi connectivity index (χ1v) is 10.9. The van der Waals surface area contributed by atoms with E-state index < -0.39 is 0 Å². The standard InChI is InChI=1S/C22H26N8O2/c1-28-20-18(12-25-28)21(24-14-23-20)30-9-7-29(8-10-30)13-19(31)26-17-4-2-3-15(11-17)22(32)27-16-5-6-16/h2-4,11-12,14,16H,5-10,13H2,1H3,(H,26,31)(H,27,32). The predicted molar refractivity (Wildman–Crippen MR) is 121 cm³/mol. The summed E-state index contributed by atoms with van der Waals surface area (Å²) < 4.78 is 1.74. The second kappa shape index (κ2) is 8.54. The molecule has 10 nitrogen and oxygen atoms in total. The smallest absolute Gasteiger partial charge is 0.251 e. The van der Waals surface area contributed by atoms with E-state index in [1.165, 1.54) is 0 Å². The summed E-state index contributed by atoms with van der Waals surface area (Å²) in [7, 11) is 1.87. The number of anilines is 2. The lowest BCUT2D eigenvalue weighted by atomic mass is 10.2. The second-order valence-electron chi connectivity index (χ2n) is 8.34. The number of carbonyl (C=O) groups excluding carboxylic acids is 2. The molecular formula is C22H26N8O2. The molecule has 1 aromatic carbocycles. The summed E-state index contributed by atoms with van der Waals surface area (Å²) in [6, 6.07) is 7.38. The Morgan fingerprint density at radius 3 is 2.72 bits per heavy atom. The van der Waals surface area contributed by atoms with E-state index in [4.69, 9.17) is 0 Å². The molecule has 0 atom stereocenters. The number of aryl methyl sites for hydroxylation is 1. The number of hydrogen-bond donors (Lipinski definition) is 2. The molecule has 0 unspecified atom stereocenters. The number of amides is 2. The molecule has 166 valence electrons.